The van der Waals surface area contributed by atoms with Gasteiger partial charge in [0.25, 0.3) is 0 Å². The Kier molecular flexibility index (Phi) is 8.23. The third kappa shape index (κ3) is 6.61. The monoisotopic (exact) mass is 377 g/mol. The molecule has 1 fully saturated rings. The van der Waals surface area contributed by atoms with Crippen molar-refractivity contribution in [3.05, 3.63) is 35.6 Å². The molecule has 2 rings (SSSR count). The topological polar surface area (TPSA) is 61.4 Å². The van der Waals surface area contributed by atoms with Crippen LogP contribution in [-0.4, -0.2) is 42.4 Å². The van der Waals surface area contributed by atoms with E-state index < -0.39 is 0 Å². The molecule has 27 heavy (non-hydrogen) atoms. The summed E-state index contributed by atoms with van der Waals surface area (Å²) in [5.41, 5.74) is 0.882. The zero-order valence-corrected chi connectivity index (χ0v) is 16.6. The van der Waals surface area contributed by atoms with Crippen LogP contribution in [0.15, 0.2) is 24.3 Å². The van der Waals surface area contributed by atoms with Crippen LogP contribution in [0.5, 0.6) is 0 Å². The van der Waals surface area contributed by atoms with Crippen LogP contribution in [0, 0.1) is 11.7 Å². The third-order valence-electron chi connectivity index (χ3n) is 5.27. The molecule has 0 aliphatic carbocycles. The molecule has 5 nitrogen and oxygen atoms in total. The van der Waals surface area contributed by atoms with Crippen molar-refractivity contribution < 1.29 is 14.0 Å². The van der Waals surface area contributed by atoms with Crippen LogP contribution >= 0.6 is 0 Å². The summed E-state index contributed by atoms with van der Waals surface area (Å²) in [7, 11) is 0. The Morgan fingerprint density at radius 1 is 1.26 bits per heavy atom. The molecule has 2 amide bonds. The number of carbonyl (C=O) groups is 2. The highest BCUT2D eigenvalue weighted by molar-refractivity contribution is 5.81. The van der Waals surface area contributed by atoms with Crippen molar-refractivity contribution in [2.24, 2.45) is 5.92 Å². The summed E-state index contributed by atoms with van der Waals surface area (Å²) in [5.74, 6) is 0.177. The zero-order chi connectivity index (χ0) is 19.8. The van der Waals surface area contributed by atoms with E-state index in [9.17, 15) is 14.0 Å². The number of nitrogens with zero attached hydrogens (tertiary/aromatic N) is 1. The maximum absolute atomic E-state index is 13.1. The third-order valence-corrected chi connectivity index (χ3v) is 5.27. The number of likely N-dealkylation sites (tertiary alicyclic amines) is 1. The van der Waals surface area contributed by atoms with Crippen molar-refractivity contribution in [3.8, 4) is 0 Å². The quantitative estimate of drug-likeness (QED) is 0.732. The van der Waals surface area contributed by atoms with Gasteiger partial charge in [0.05, 0.1) is 12.1 Å². The molecule has 0 bridgehead atoms. The Bertz CT molecular complexity index is 620. The molecule has 6 heteroatoms. The lowest BCUT2D eigenvalue weighted by Crippen LogP contribution is -2.50. The summed E-state index contributed by atoms with van der Waals surface area (Å²) in [4.78, 5) is 26.5. The van der Waals surface area contributed by atoms with E-state index in [1.165, 1.54) is 12.1 Å². The van der Waals surface area contributed by atoms with Gasteiger partial charge in [0.2, 0.25) is 11.8 Å². The van der Waals surface area contributed by atoms with E-state index in [0.717, 1.165) is 37.9 Å². The van der Waals surface area contributed by atoms with E-state index in [4.69, 9.17) is 0 Å². The number of rotatable bonds is 8. The fraction of sp³-hybridized carbons (Fsp3) is 0.619. The van der Waals surface area contributed by atoms with Crippen molar-refractivity contribution in [1.82, 2.24) is 15.5 Å². The fourth-order valence-electron chi connectivity index (χ4n) is 3.52. The van der Waals surface area contributed by atoms with Gasteiger partial charge in [-0.15, -0.1) is 0 Å². The van der Waals surface area contributed by atoms with Crippen LogP contribution in [0.1, 0.15) is 58.1 Å². The van der Waals surface area contributed by atoms with Gasteiger partial charge in [0.1, 0.15) is 5.82 Å². The van der Waals surface area contributed by atoms with Gasteiger partial charge < -0.3 is 10.6 Å². The van der Waals surface area contributed by atoms with Crippen LogP contribution in [-0.2, 0) is 9.59 Å². The maximum Gasteiger partial charge on any atom is 0.237 e. The normalized spacial score (nSPS) is 19.9. The summed E-state index contributed by atoms with van der Waals surface area (Å²) in [5, 5.41) is 6.03. The fourth-order valence-corrected chi connectivity index (χ4v) is 3.52. The van der Waals surface area contributed by atoms with Crippen molar-refractivity contribution >= 4 is 11.8 Å². The average molecular weight is 378 g/mol. The summed E-state index contributed by atoms with van der Waals surface area (Å²) in [6.45, 7) is 8.19. The zero-order valence-electron chi connectivity index (χ0n) is 16.6. The maximum atomic E-state index is 13.1. The minimum absolute atomic E-state index is 0.0255. The smallest absolute Gasteiger partial charge is 0.237 e. The number of benzene rings is 1. The summed E-state index contributed by atoms with van der Waals surface area (Å²) < 4.78 is 13.1. The SMILES string of the molecule is CCCC(=O)NCC1CCCN(C(C)C(=O)NC(C)c2ccc(F)cc2)C1. The molecule has 1 heterocycles. The van der Waals surface area contributed by atoms with Gasteiger partial charge in [-0.3, -0.25) is 14.5 Å². The molecule has 2 N–H and O–H groups in total. The Balaban J connectivity index is 1.84. The van der Waals surface area contributed by atoms with E-state index in [-0.39, 0.29) is 29.7 Å². The molecule has 1 aliphatic heterocycles. The first-order chi connectivity index (χ1) is 12.9. The number of hydrogen-bond acceptors (Lipinski definition) is 3. The minimum atomic E-state index is -0.281. The van der Waals surface area contributed by atoms with Gasteiger partial charge in [-0.2, -0.15) is 0 Å². The van der Waals surface area contributed by atoms with Crippen LogP contribution in [0.25, 0.3) is 0 Å². The van der Waals surface area contributed by atoms with Gasteiger partial charge in [-0.25, -0.2) is 4.39 Å². The van der Waals surface area contributed by atoms with Gasteiger partial charge in [0, 0.05) is 19.5 Å². The molecule has 150 valence electrons. The van der Waals surface area contributed by atoms with Crippen LogP contribution < -0.4 is 10.6 Å². The van der Waals surface area contributed by atoms with E-state index >= 15 is 0 Å². The largest absolute Gasteiger partial charge is 0.356 e. The number of hydrogen-bond donors (Lipinski definition) is 2. The number of amides is 2. The molecule has 1 saturated heterocycles. The molecule has 1 aliphatic rings. The van der Waals surface area contributed by atoms with Crippen molar-refractivity contribution in [1.29, 1.82) is 0 Å². The van der Waals surface area contributed by atoms with E-state index in [1.807, 2.05) is 20.8 Å². The molecule has 0 saturated carbocycles. The Hall–Kier alpha value is -1.95. The standard InChI is InChI=1S/C21H32FN3O2/c1-4-6-20(26)23-13-17-7-5-12-25(14-17)16(3)21(27)24-15(2)18-8-10-19(22)11-9-18/h8-11,15-17H,4-7,12-14H2,1-3H3,(H,23,26)(H,24,27). The summed E-state index contributed by atoms with van der Waals surface area (Å²) in [6, 6.07) is 5.80. The highest BCUT2D eigenvalue weighted by atomic mass is 19.1. The lowest BCUT2D eigenvalue weighted by atomic mass is 9.96. The van der Waals surface area contributed by atoms with E-state index in [0.29, 0.717) is 18.9 Å². The summed E-state index contributed by atoms with van der Waals surface area (Å²) >= 11 is 0. The highest BCUT2D eigenvalue weighted by Gasteiger charge is 2.28. The van der Waals surface area contributed by atoms with Crippen molar-refractivity contribution in [2.75, 3.05) is 19.6 Å². The first-order valence-corrected chi connectivity index (χ1v) is 9.97. The Morgan fingerprint density at radius 2 is 1.96 bits per heavy atom. The molecule has 1 aromatic rings. The van der Waals surface area contributed by atoms with Gasteiger partial charge in [0.15, 0.2) is 0 Å². The lowest BCUT2D eigenvalue weighted by molar-refractivity contribution is -0.127. The lowest BCUT2D eigenvalue weighted by Gasteiger charge is -2.36. The second kappa shape index (κ2) is 10.4. The van der Waals surface area contributed by atoms with Crippen LogP contribution in [0.2, 0.25) is 0 Å². The highest BCUT2D eigenvalue weighted by Crippen LogP contribution is 2.19. The summed E-state index contributed by atoms with van der Waals surface area (Å²) in [6.07, 6.45) is 3.52. The Morgan fingerprint density at radius 3 is 2.63 bits per heavy atom. The molecular weight excluding hydrogens is 345 g/mol. The molecule has 0 spiro atoms. The van der Waals surface area contributed by atoms with E-state index in [1.54, 1.807) is 12.1 Å². The van der Waals surface area contributed by atoms with Crippen LogP contribution in [0.3, 0.4) is 0 Å². The molecule has 0 aromatic heterocycles. The van der Waals surface area contributed by atoms with Crippen molar-refractivity contribution in [3.63, 3.8) is 0 Å². The van der Waals surface area contributed by atoms with Gasteiger partial charge in [-0.1, -0.05) is 19.1 Å². The molecule has 1 aromatic carbocycles. The molecule has 0 radical (unpaired) electrons. The Labute approximate surface area is 161 Å². The number of nitrogens with one attached hydrogen (secondary N) is 2. The van der Waals surface area contributed by atoms with E-state index in [2.05, 4.69) is 15.5 Å². The van der Waals surface area contributed by atoms with Crippen LogP contribution in [0.4, 0.5) is 4.39 Å². The number of halogens is 1. The second-order valence-corrected chi connectivity index (χ2v) is 7.52. The first kappa shape index (κ1) is 21.4. The first-order valence-electron chi connectivity index (χ1n) is 9.97. The minimum Gasteiger partial charge on any atom is -0.356 e. The predicted molar refractivity (Wildman–Crippen MR) is 105 cm³/mol. The second-order valence-electron chi connectivity index (χ2n) is 7.52. The molecule has 3 atom stereocenters. The predicted octanol–water partition coefficient (Wildman–Crippen LogP) is 3.02. The van der Waals surface area contributed by atoms with Gasteiger partial charge >= 0.3 is 0 Å². The molecular formula is C21H32FN3O2. The average Bonchev–Trinajstić information content (AvgIpc) is 2.66. The number of carbonyl (C=O) groups excluding carboxylic acids is 2. The number of piperidine rings is 1. The van der Waals surface area contributed by atoms with Gasteiger partial charge in [-0.05, 0) is 63.3 Å². The van der Waals surface area contributed by atoms with Crippen molar-refractivity contribution in [2.45, 2.75) is 58.5 Å². The molecule has 3 unspecified atom stereocenters.